The number of hydrogen-bond acceptors (Lipinski definition) is 6. The number of thiazole rings is 1. The van der Waals surface area contributed by atoms with Gasteiger partial charge in [-0.3, -0.25) is 4.79 Å². The van der Waals surface area contributed by atoms with Crippen LogP contribution in [-0.2, 0) is 11.2 Å². The molecule has 0 radical (unpaired) electrons. The van der Waals surface area contributed by atoms with Gasteiger partial charge in [0.15, 0.2) is 0 Å². The number of amides is 1. The zero-order valence-electron chi connectivity index (χ0n) is 16.6. The number of para-hydroxylation sites is 1. The van der Waals surface area contributed by atoms with Gasteiger partial charge in [0.25, 0.3) is 0 Å². The minimum Gasteiger partial charge on any atom is -0.356 e. The van der Waals surface area contributed by atoms with E-state index in [1.54, 1.807) is 6.21 Å². The molecule has 0 aliphatic carbocycles. The number of carbonyl (C=O) groups is 1. The molecule has 4 rings (SSSR count). The maximum atomic E-state index is 12.2. The van der Waals surface area contributed by atoms with Crippen molar-refractivity contribution in [2.75, 3.05) is 18.0 Å². The second kappa shape index (κ2) is 8.57. The van der Waals surface area contributed by atoms with Crippen molar-refractivity contribution in [2.45, 2.75) is 33.1 Å². The zero-order chi connectivity index (χ0) is 20.2. The fourth-order valence-electron chi connectivity index (χ4n) is 3.52. The lowest BCUT2D eigenvalue weighted by Crippen LogP contribution is -2.23. The van der Waals surface area contributed by atoms with E-state index in [4.69, 9.17) is 5.10 Å². The van der Waals surface area contributed by atoms with Gasteiger partial charge in [0.1, 0.15) is 5.82 Å². The SMILES string of the molecule is Cc1nc(CC(=O)N/N=C\c2c(C)nn(-c3ccccc3)c2N2CCCC2)cs1. The molecule has 7 nitrogen and oxygen atoms in total. The van der Waals surface area contributed by atoms with Crippen LogP contribution in [0.3, 0.4) is 0 Å². The zero-order valence-corrected chi connectivity index (χ0v) is 17.4. The Labute approximate surface area is 174 Å². The van der Waals surface area contributed by atoms with Gasteiger partial charge in [-0.1, -0.05) is 18.2 Å². The third-order valence-corrected chi connectivity index (χ3v) is 5.70. The Morgan fingerprint density at radius 1 is 1.24 bits per heavy atom. The number of anilines is 1. The Morgan fingerprint density at radius 3 is 2.69 bits per heavy atom. The van der Waals surface area contributed by atoms with Crippen molar-refractivity contribution in [1.29, 1.82) is 0 Å². The predicted molar refractivity (Wildman–Crippen MR) is 116 cm³/mol. The topological polar surface area (TPSA) is 75.4 Å². The number of aromatic nitrogens is 3. The first-order valence-electron chi connectivity index (χ1n) is 9.74. The normalized spacial score (nSPS) is 14.1. The number of nitrogens with one attached hydrogen (secondary N) is 1. The third kappa shape index (κ3) is 4.37. The van der Waals surface area contributed by atoms with Crippen molar-refractivity contribution in [3.8, 4) is 5.69 Å². The van der Waals surface area contributed by atoms with Crippen LogP contribution >= 0.6 is 11.3 Å². The summed E-state index contributed by atoms with van der Waals surface area (Å²) < 4.78 is 1.97. The predicted octanol–water partition coefficient (Wildman–Crippen LogP) is 3.24. The Morgan fingerprint density at radius 2 is 2.00 bits per heavy atom. The van der Waals surface area contributed by atoms with Crippen molar-refractivity contribution in [3.63, 3.8) is 0 Å². The second-order valence-electron chi connectivity index (χ2n) is 7.09. The summed E-state index contributed by atoms with van der Waals surface area (Å²) in [7, 11) is 0. The fourth-order valence-corrected chi connectivity index (χ4v) is 4.14. The van der Waals surface area contributed by atoms with Crippen LogP contribution in [0.1, 0.15) is 34.8 Å². The van der Waals surface area contributed by atoms with Crippen LogP contribution in [0.25, 0.3) is 5.69 Å². The second-order valence-corrected chi connectivity index (χ2v) is 8.15. The molecule has 8 heteroatoms. The van der Waals surface area contributed by atoms with Gasteiger partial charge < -0.3 is 4.90 Å². The molecule has 1 aliphatic heterocycles. The van der Waals surface area contributed by atoms with Crippen LogP contribution in [0.4, 0.5) is 5.82 Å². The molecule has 0 spiro atoms. The molecule has 3 heterocycles. The fraction of sp³-hybridized carbons (Fsp3) is 0.333. The van der Waals surface area contributed by atoms with Gasteiger partial charge >= 0.3 is 0 Å². The monoisotopic (exact) mass is 408 g/mol. The first kappa shape index (κ1) is 19.3. The van der Waals surface area contributed by atoms with Crippen LogP contribution in [0.15, 0.2) is 40.8 Å². The Balaban J connectivity index is 1.57. The van der Waals surface area contributed by atoms with E-state index in [-0.39, 0.29) is 12.3 Å². The van der Waals surface area contributed by atoms with Crippen molar-refractivity contribution < 1.29 is 4.79 Å². The summed E-state index contributed by atoms with van der Waals surface area (Å²) in [6.07, 6.45) is 4.27. The van der Waals surface area contributed by atoms with E-state index in [1.807, 2.05) is 54.2 Å². The molecule has 1 aliphatic rings. The Bertz CT molecular complexity index is 1020. The van der Waals surface area contributed by atoms with Crippen LogP contribution in [-0.4, -0.2) is 40.0 Å². The highest BCUT2D eigenvalue weighted by molar-refractivity contribution is 7.09. The van der Waals surface area contributed by atoms with Crippen LogP contribution in [0.5, 0.6) is 0 Å². The number of aryl methyl sites for hydroxylation is 2. The van der Waals surface area contributed by atoms with Gasteiger partial charge in [0, 0.05) is 18.5 Å². The molecule has 29 heavy (non-hydrogen) atoms. The number of nitrogens with zero attached hydrogens (tertiary/aromatic N) is 5. The Kier molecular flexibility index (Phi) is 5.71. The largest absolute Gasteiger partial charge is 0.356 e. The summed E-state index contributed by atoms with van der Waals surface area (Å²) >= 11 is 1.54. The summed E-state index contributed by atoms with van der Waals surface area (Å²) in [6.45, 7) is 5.89. The minimum atomic E-state index is -0.178. The first-order chi connectivity index (χ1) is 14.1. The maximum Gasteiger partial charge on any atom is 0.246 e. The van der Waals surface area contributed by atoms with Crippen molar-refractivity contribution in [1.82, 2.24) is 20.2 Å². The Hall–Kier alpha value is -3.00. The lowest BCUT2D eigenvalue weighted by molar-refractivity contribution is -0.120. The average molecular weight is 409 g/mol. The highest BCUT2D eigenvalue weighted by atomic mass is 32.1. The number of hydrogen-bond donors (Lipinski definition) is 1. The van der Waals surface area contributed by atoms with Crippen molar-refractivity contribution in [2.24, 2.45) is 5.10 Å². The van der Waals surface area contributed by atoms with Gasteiger partial charge in [0.2, 0.25) is 5.91 Å². The smallest absolute Gasteiger partial charge is 0.246 e. The standard InChI is InChI=1S/C21H24N6OS/c1-15-19(13-22-24-20(28)12-17-14-29-16(2)23-17)21(26-10-6-7-11-26)27(25-15)18-8-4-3-5-9-18/h3-5,8-9,13-14H,6-7,10-12H2,1-2H3,(H,24,28)/b22-13-. The summed E-state index contributed by atoms with van der Waals surface area (Å²) in [5.74, 6) is 0.849. The van der Waals surface area contributed by atoms with E-state index in [2.05, 4.69) is 20.4 Å². The first-order valence-corrected chi connectivity index (χ1v) is 10.6. The van der Waals surface area contributed by atoms with Gasteiger partial charge in [-0.2, -0.15) is 10.2 Å². The molecule has 1 N–H and O–H groups in total. The van der Waals surface area contributed by atoms with E-state index in [9.17, 15) is 4.79 Å². The lowest BCUT2D eigenvalue weighted by atomic mass is 10.2. The average Bonchev–Trinajstić information content (AvgIpc) is 3.44. The molecule has 150 valence electrons. The van der Waals surface area contributed by atoms with Crippen LogP contribution in [0.2, 0.25) is 0 Å². The molecule has 1 fully saturated rings. The maximum absolute atomic E-state index is 12.2. The summed E-state index contributed by atoms with van der Waals surface area (Å²) in [4.78, 5) is 18.8. The minimum absolute atomic E-state index is 0.178. The molecule has 1 amide bonds. The highest BCUT2D eigenvalue weighted by Crippen LogP contribution is 2.28. The molecule has 3 aromatic rings. The molecule has 1 aromatic carbocycles. The lowest BCUT2D eigenvalue weighted by Gasteiger charge is -2.20. The number of carbonyl (C=O) groups excluding carboxylic acids is 1. The van der Waals surface area contributed by atoms with Crippen LogP contribution < -0.4 is 10.3 Å². The number of hydrazone groups is 1. The highest BCUT2D eigenvalue weighted by Gasteiger charge is 2.23. The summed E-state index contributed by atoms with van der Waals surface area (Å²) in [5.41, 5.74) is 6.22. The molecule has 0 unspecified atom stereocenters. The third-order valence-electron chi connectivity index (χ3n) is 4.88. The molecular formula is C21H24N6OS. The van der Waals surface area contributed by atoms with Gasteiger partial charge in [-0.25, -0.2) is 15.1 Å². The molecule has 0 saturated carbocycles. The van der Waals surface area contributed by atoms with E-state index < -0.39 is 0 Å². The van der Waals surface area contributed by atoms with Gasteiger partial charge in [0.05, 0.1) is 40.3 Å². The molecule has 2 aromatic heterocycles. The van der Waals surface area contributed by atoms with Crippen molar-refractivity contribution >= 4 is 29.3 Å². The van der Waals surface area contributed by atoms with Gasteiger partial charge in [-0.05, 0) is 38.8 Å². The molecular weight excluding hydrogens is 384 g/mol. The summed E-state index contributed by atoms with van der Waals surface area (Å²) in [6, 6.07) is 10.1. The number of benzene rings is 1. The summed E-state index contributed by atoms with van der Waals surface area (Å²) in [5, 5.41) is 11.8. The van der Waals surface area contributed by atoms with Crippen molar-refractivity contribution in [3.05, 3.63) is 57.7 Å². The number of rotatable bonds is 6. The molecule has 1 saturated heterocycles. The van der Waals surface area contributed by atoms with E-state index in [1.165, 1.54) is 24.2 Å². The van der Waals surface area contributed by atoms with E-state index in [0.29, 0.717) is 0 Å². The quantitative estimate of drug-likeness (QED) is 0.502. The van der Waals surface area contributed by atoms with Crippen LogP contribution in [0, 0.1) is 13.8 Å². The van der Waals surface area contributed by atoms with Gasteiger partial charge in [-0.15, -0.1) is 11.3 Å². The van der Waals surface area contributed by atoms with E-state index >= 15 is 0 Å². The van der Waals surface area contributed by atoms with E-state index in [0.717, 1.165) is 46.6 Å². The molecule has 0 bridgehead atoms. The molecule has 0 atom stereocenters.